The summed E-state index contributed by atoms with van der Waals surface area (Å²) in [5.41, 5.74) is 2.09. The van der Waals surface area contributed by atoms with Crippen LogP contribution in [0.4, 0.5) is 0 Å². The van der Waals surface area contributed by atoms with Gasteiger partial charge in [0.1, 0.15) is 28.6 Å². The Hall–Kier alpha value is -4.06. The number of ether oxygens (including phenoxy) is 3. The number of methoxy groups -OCH3 is 2. The van der Waals surface area contributed by atoms with E-state index < -0.39 is 5.97 Å². The lowest BCUT2D eigenvalue weighted by molar-refractivity contribution is -0.133. The lowest BCUT2D eigenvalue weighted by atomic mass is 10.0. The van der Waals surface area contributed by atoms with E-state index in [9.17, 15) is 9.59 Å². The number of hydrogen-bond acceptors (Lipinski definition) is 6. The molecule has 0 aliphatic rings. The zero-order valence-corrected chi connectivity index (χ0v) is 18.0. The highest BCUT2D eigenvalue weighted by Crippen LogP contribution is 2.32. The second kappa shape index (κ2) is 8.98. The van der Waals surface area contributed by atoms with E-state index in [2.05, 4.69) is 0 Å². The van der Waals surface area contributed by atoms with E-state index in [1.165, 1.54) is 0 Å². The molecule has 3 aromatic carbocycles. The molecule has 1 aromatic heterocycles. The summed E-state index contributed by atoms with van der Waals surface area (Å²) >= 11 is 0. The molecule has 6 nitrogen and oxygen atoms in total. The number of rotatable bonds is 6. The molecule has 0 spiro atoms. The van der Waals surface area contributed by atoms with Crippen LogP contribution in [0, 0.1) is 6.92 Å². The normalized spacial score (nSPS) is 10.7. The molecule has 0 amide bonds. The summed E-state index contributed by atoms with van der Waals surface area (Å²) in [6.07, 6.45) is 0.109. The van der Waals surface area contributed by atoms with Gasteiger partial charge in [0.05, 0.1) is 31.6 Å². The Balaban J connectivity index is 1.62. The number of carbonyl (C=O) groups is 1. The fraction of sp³-hybridized carbons (Fsp3) is 0.154. The first-order chi connectivity index (χ1) is 15.5. The van der Waals surface area contributed by atoms with Crippen LogP contribution in [0.3, 0.4) is 0 Å². The fourth-order valence-corrected chi connectivity index (χ4v) is 3.59. The molecule has 162 valence electrons. The van der Waals surface area contributed by atoms with Crippen molar-refractivity contribution in [2.75, 3.05) is 14.2 Å². The summed E-state index contributed by atoms with van der Waals surface area (Å²) in [7, 11) is 3.14. The second-order valence-electron chi connectivity index (χ2n) is 7.22. The van der Waals surface area contributed by atoms with Gasteiger partial charge in [-0.15, -0.1) is 0 Å². The van der Waals surface area contributed by atoms with Crippen LogP contribution in [-0.2, 0) is 11.2 Å². The van der Waals surface area contributed by atoms with Gasteiger partial charge in [0.25, 0.3) is 0 Å². The molecule has 0 saturated carbocycles. The van der Waals surface area contributed by atoms with E-state index in [0.717, 1.165) is 11.3 Å². The van der Waals surface area contributed by atoms with Crippen molar-refractivity contribution in [1.29, 1.82) is 0 Å². The second-order valence-corrected chi connectivity index (χ2v) is 7.22. The third kappa shape index (κ3) is 4.21. The minimum absolute atomic E-state index is 0.109. The van der Waals surface area contributed by atoms with E-state index in [0.29, 0.717) is 39.4 Å². The van der Waals surface area contributed by atoms with Crippen molar-refractivity contribution in [2.24, 2.45) is 0 Å². The summed E-state index contributed by atoms with van der Waals surface area (Å²) < 4.78 is 21.9. The van der Waals surface area contributed by atoms with Gasteiger partial charge in [0, 0.05) is 11.6 Å². The van der Waals surface area contributed by atoms with Crippen LogP contribution < -0.4 is 19.6 Å². The molecule has 0 radical (unpaired) electrons. The van der Waals surface area contributed by atoms with Crippen molar-refractivity contribution in [3.8, 4) is 28.4 Å². The first-order valence-electron chi connectivity index (χ1n) is 10.0. The topological polar surface area (TPSA) is 75.0 Å². The van der Waals surface area contributed by atoms with Gasteiger partial charge in [0.2, 0.25) is 5.43 Å². The largest absolute Gasteiger partial charge is 0.497 e. The Kier molecular flexibility index (Phi) is 5.94. The third-order valence-electron chi connectivity index (χ3n) is 5.16. The van der Waals surface area contributed by atoms with Crippen LogP contribution in [0.1, 0.15) is 11.3 Å². The molecule has 0 atom stereocenters. The van der Waals surface area contributed by atoms with E-state index in [-0.39, 0.29) is 11.8 Å². The number of fused-ring (bicyclic) bond motifs is 1. The van der Waals surface area contributed by atoms with E-state index >= 15 is 0 Å². The first-order valence-corrected chi connectivity index (χ1v) is 10.0. The molecule has 0 aliphatic heterocycles. The average Bonchev–Trinajstić information content (AvgIpc) is 2.79. The maximum Gasteiger partial charge on any atom is 0.315 e. The molecular weight excluding hydrogens is 408 g/mol. The van der Waals surface area contributed by atoms with Crippen LogP contribution >= 0.6 is 0 Å². The van der Waals surface area contributed by atoms with E-state index in [1.54, 1.807) is 57.5 Å². The summed E-state index contributed by atoms with van der Waals surface area (Å²) in [5.74, 6) is 1.65. The molecule has 0 bridgehead atoms. The predicted molar refractivity (Wildman–Crippen MR) is 122 cm³/mol. The van der Waals surface area contributed by atoms with Crippen molar-refractivity contribution < 1.29 is 23.4 Å². The highest BCUT2D eigenvalue weighted by Gasteiger charge is 2.17. The summed E-state index contributed by atoms with van der Waals surface area (Å²) in [5, 5.41) is 0.395. The van der Waals surface area contributed by atoms with Crippen LogP contribution in [0.2, 0.25) is 0 Å². The first kappa shape index (κ1) is 21.2. The Morgan fingerprint density at radius 3 is 2.34 bits per heavy atom. The number of para-hydroxylation sites is 1. The number of esters is 1. The molecule has 6 heteroatoms. The van der Waals surface area contributed by atoms with Gasteiger partial charge in [-0.3, -0.25) is 9.59 Å². The zero-order chi connectivity index (χ0) is 22.7. The Morgan fingerprint density at radius 2 is 1.62 bits per heavy atom. The molecule has 0 saturated heterocycles. The number of aryl methyl sites for hydroxylation is 1. The number of benzene rings is 3. The molecule has 4 rings (SSSR count). The smallest absolute Gasteiger partial charge is 0.315 e. The molecule has 1 heterocycles. The lowest BCUT2D eigenvalue weighted by Crippen LogP contribution is -2.12. The van der Waals surface area contributed by atoms with E-state index in [4.69, 9.17) is 18.6 Å². The monoisotopic (exact) mass is 430 g/mol. The Labute approximate surface area is 185 Å². The molecule has 4 aromatic rings. The molecule has 0 N–H and O–H groups in total. The molecular formula is C26H22O6. The van der Waals surface area contributed by atoms with Gasteiger partial charge in [-0.2, -0.15) is 0 Å². The summed E-state index contributed by atoms with van der Waals surface area (Å²) in [6.45, 7) is 1.73. The van der Waals surface area contributed by atoms with Crippen molar-refractivity contribution >= 4 is 16.9 Å². The number of carbonyl (C=O) groups excluding carboxylic acids is 1. The Morgan fingerprint density at radius 1 is 0.906 bits per heavy atom. The average molecular weight is 430 g/mol. The highest BCUT2D eigenvalue weighted by atomic mass is 16.5. The Bertz CT molecular complexity index is 1340. The van der Waals surface area contributed by atoms with Crippen molar-refractivity contribution in [3.63, 3.8) is 0 Å². The SMILES string of the molecule is COc1ccc(CC(=O)Oc2ccc3c(=O)c(-c4ccccc4OC)c(C)oc3c2)cc1. The minimum Gasteiger partial charge on any atom is -0.497 e. The predicted octanol–water partition coefficient (Wildman–Crippen LogP) is 4.93. The number of hydrogen-bond donors (Lipinski definition) is 0. The quantitative estimate of drug-likeness (QED) is 0.319. The van der Waals surface area contributed by atoms with Gasteiger partial charge >= 0.3 is 5.97 Å². The zero-order valence-electron chi connectivity index (χ0n) is 18.0. The van der Waals surface area contributed by atoms with Crippen LogP contribution in [0.5, 0.6) is 17.2 Å². The summed E-state index contributed by atoms with van der Waals surface area (Å²) in [6, 6.07) is 19.2. The lowest BCUT2D eigenvalue weighted by Gasteiger charge is -2.11. The van der Waals surface area contributed by atoms with Gasteiger partial charge in [0.15, 0.2) is 0 Å². The van der Waals surface area contributed by atoms with Crippen molar-refractivity contribution in [1.82, 2.24) is 0 Å². The molecule has 32 heavy (non-hydrogen) atoms. The fourth-order valence-electron chi connectivity index (χ4n) is 3.59. The minimum atomic E-state index is -0.417. The molecule has 0 fully saturated rings. The van der Waals surface area contributed by atoms with Crippen LogP contribution in [0.15, 0.2) is 75.9 Å². The van der Waals surface area contributed by atoms with Gasteiger partial charge in [-0.05, 0) is 42.8 Å². The maximum atomic E-state index is 13.2. The van der Waals surface area contributed by atoms with Crippen molar-refractivity contribution in [3.05, 3.63) is 88.3 Å². The standard InChI is InChI=1S/C26H22O6/c1-16-25(20-6-4-5-7-22(20)30-3)26(28)21-13-12-19(15-23(21)31-16)32-24(27)14-17-8-10-18(29-2)11-9-17/h4-13,15H,14H2,1-3H3. The van der Waals surface area contributed by atoms with Crippen LogP contribution in [0.25, 0.3) is 22.1 Å². The van der Waals surface area contributed by atoms with E-state index in [1.807, 2.05) is 30.3 Å². The molecule has 0 unspecified atom stereocenters. The van der Waals surface area contributed by atoms with Crippen molar-refractivity contribution in [2.45, 2.75) is 13.3 Å². The van der Waals surface area contributed by atoms with Gasteiger partial charge in [-0.1, -0.05) is 30.3 Å². The highest BCUT2D eigenvalue weighted by molar-refractivity contribution is 5.86. The van der Waals surface area contributed by atoms with Gasteiger partial charge < -0.3 is 18.6 Å². The maximum absolute atomic E-state index is 13.2. The summed E-state index contributed by atoms with van der Waals surface area (Å²) in [4.78, 5) is 25.6. The third-order valence-corrected chi connectivity index (χ3v) is 5.16. The molecule has 0 aliphatic carbocycles. The van der Waals surface area contributed by atoms with Gasteiger partial charge in [-0.25, -0.2) is 0 Å². The van der Waals surface area contributed by atoms with Crippen LogP contribution in [-0.4, -0.2) is 20.2 Å².